The average Bonchev–Trinajstić information content (AvgIpc) is 2.20. The summed E-state index contributed by atoms with van der Waals surface area (Å²) in [7, 11) is 0. The zero-order valence-electron chi connectivity index (χ0n) is 7.69. The molecule has 3 amide bonds. The Morgan fingerprint density at radius 3 is 2.64 bits per heavy atom. The highest BCUT2D eigenvalue weighted by atomic mass is 16.2. The molecule has 0 atom stereocenters. The number of benzene rings is 1. The Morgan fingerprint density at radius 2 is 2.00 bits per heavy atom. The highest BCUT2D eigenvalue weighted by molar-refractivity contribution is 5.84. The van der Waals surface area contributed by atoms with E-state index in [0.717, 1.165) is 12.0 Å². The number of amides is 3. The van der Waals surface area contributed by atoms with Gasteiger partial charge < -0.3 is 5.32 Å². The standard InChI is InChI=1S/C10H12N2O2/c13-8-12-10(14)11-7-6-9-4-2-1-3-5-9/h1-5,8H,6-7H2,(H2,11,12,13,14). The van der Waals surface area contributed by atoms with Crippen LogP contribution in [0.4, 0.5) is 4.79 Å². The first-order chi connectivity index (χ1) is 6.83. The Labute approximate surface area is 82.3 Å². The minimum absolute atomic E-state index is 0.359. The third-order valence-electron chi connectivity index (χ3n) is 1.73. The molecular formula is C10H12N2O2. The Bertz CT molecular complexity index is 298. The van der Waals surface area contributed by atoms with Crippen molar-refractivity contribution in [2.75, 3.05) is 6.54 Å². The molecule has 0 saturated carbocycles. The van der Waals surface area contributed by atoms with E-state index in [-0.39, 0.29) is 0 Å². The Hall–Kier alpha value is -1.84. The second-order valence-electron chi connectivity index (χ2n) is 2.75. The zero-order chi connectivity index (χ0) is 10.2. The molecular weight excluding hydrogens is 180 g/mol. The van der Waals surface area contributed by atoms with E-state index in [9.17, 15) is 9.59 Å². The predicted octanol–water partition coefficient (Wildman–Crippen LogP) is 0.685. The van der Waals surface area contributed by atoms with Crippen molar-refractivity contribution in [1.29, 1.82) is 0 Å². The lowest BCUT2D eigenvalue weighted by Crippen LogP contribution is -2.35. The van der Waals surface area contributed by atoms with Crippen LogP contribution in [0.5, 0.6) is 0 Å². The summed E-state index contributed by atoms with van der Waals surface area (Å²) in [6.07, 6.45) is 1.12. The van der Waals surface area contributed by atoms with E-state index in [1.807, 2.05) is 35.6 Å². The van der Waals surface area contributed by atoms with Crippen LogP contribution in [0.1, 0.15) is 5.56 Å². The van der Waals surface area contributed by atoms with E-state index < -0.39 is 6.03 Å². The third-order valence-corrected chi connectivity index (χ3v) is 1.73. The van der Waals surface area contributed by atoms with Gasteiger partial charge >= 0.3 is 6.03 Å². The van der Waals surface area contributed by atoms with Crippen LogP contribution in [0.25, 0.3) is 0 Å². The second-order valence-corrected chi connectivity index (χ2v) is 2.75. The number of rotatable bonds is 4. The summed E-state index contributed by atoms with van der Waals surface area (Å²) in [4.78, 5) is 20.7. The average molecular weight is 192 g/mol. The van der Waals surface area contributed by atoms with E-state index in [2.05, 4.69) is 5.32 Å². The Morgan fingerprint density at radius 1 is 1.29 bits per heavy atom. The molecule has 0 bridgehead atoms. The summed E-state index contributed by atoms with van der Waals surface area (Å²) < 4.78 is 0. The SMILES string of the molecule is O=CNC(=O)NCCc1ccccc1. The summed E-state index contributed by atoms with van der Waals surface area (Å²) in [6, 6.07) is 9.34. The third kappa shape index (κ3) is 3.71. The van der Waals surface area contributed by atoms with Crippen molar-refractivity contribution in [3.05, 3.63) is 35.9 Å². The molecule has 14 heavy (non-hydrogen) atoms. The first-order valence-electron chi connectivity index (χ1n) is 4.35. The van der Waals surface area contributed by atoms with Gasteiger partial charge in [-0.05, 0) is 12.0 Å². The Balaban J connectivity index is 2.22. The minimum Gasteiger partial charge on any atom is -0.337 e. The molecule has 0 aliphatic carbocycles. The maximum Gasteiger partial charge on any atom is 0.321 e. The summed E-state index contributed by atoms with van der Waals surface area (Å²) in [6.45, 7) is 0.518. The fourth-order valence-corrected chi connectivity index (χ4v) is 1.07. The van der Waals surface area contributed by atoms with Crippen LogP contribution in [-0.4, -0.2) is 19.0 Å². The van der Waals surface area contributed by atoms with Crippen LogP contribution in [0.2, 0.25) is 0 Å². The molecule has 0 unspecified atom stereocenters. The van der Waals surface area contributed by atoms with Gasteiger partial charge in [-0.25, -0.2) is 4.79 Å². The van der Waals surface area contributed by atoms with Crippen LogP contribution in [-0.2, 0) is 11.2 Å². The predicted molar refractivity (Wildman–Crippen MR) is 52.7 cm³/mol. The van der Waals surface area contributed by atoms with Gasteiger partial charge in [0, 0.05) is 6.54 Å². The summed E-state index contributed by atoms with van der Waals surface area (Å²) >= 11 is 0. The van der Waals surface area contributed by atoms with Crippen molar-refractivity contribution in [3.63, 3.8) is 0 Å². The molecule has 4 nitrogen and oxygen atoms in total. The quantitative estimate of drug-likeness (QED) is 0.689. The van der Waals surface area contributed by atoms with Crippen LogP contribution in [0, 0.1) is 0 Å². The fraction of sp³-hybridized carbons (Fsp3) is 0.200. The molecule has 1 aromatic rings. The number of carbonyl (C=O) groups is 2. The normalized spacial score (nSPS) is 9.14. The molecule has 0 aliphatic rings. The molecule has 1 rings (SSSR count). The van der Waals surface area contributed by atoms with E-state index in [1.54, 1.807) is 0 Å². The molecule has 2 N–H and O–H groups in total. The number of hydrogen-bond donors (Lipinski definition) is 2. The smallest absolute Gasteiger partial charge is 0.321 e. The molecule has 0 saturated heterocycles. The maximum atomic E-state index is 10.8. The summed E-state index contributed by atoms with van der Waals surface area (Å²) in [5.41, 5.74) is 1.15. The molecule has 4 heteroatoms. The van der Waals surface area contributed by atoms with Crippen molar-refractivity contribution >= 4 is 12.4 Å². The van der Waals surface area contributed by atoms with E-state index in [4.69, 9.17) is 0 Å². The van der Waals surface area contributed by atoms with Gasteiger partial charge in [-0.2, -0.15) is 0 Å². The molecule has 0 aromatic heterocycles. The first kappa shape index (κ1) is 10.2. The van der Waals surface area contributed by atoms with Crippen LogP contribution in [0.3, 0.4) is 0 Å². The van der Waals surface area contributed by atoms with Gasteiger partial charge in [-0.3, -0.25) is 10.1 Å². The van der Waals surface area contributed by atoms with Crippen LogP contribution >= 0.6 is 0 Å². The van der Waals surface area contributed by atoms with Gasteiger partial charge in [0.1, 0.15) is 0 Å². The summed E-state index contributed by atoms with van der Waals surface area (Å²) in [5.74, 6) is 0. The zero-order valence-corrected chi connectivity index (χ0v) is 7.69. The van der Waals surface area contributed by atoms with E-state index in [1.165, 1.54) is 0 Å². The van der Waals surface area contributed by atoms with Crippen molar-refractivity contribution in [2.24, 2.45) is 0 Å². The molecule has 0 aliphatic heterocycles. The molecule has 0 spiro atoms. The number of urea groups is 1. The van der Waals surface area contributed by atoms with Gasteiger partial charge in [-0.15, -0.1) is 0 Å². The monoisotopic (exact) mass is 192 g/mol. The maximum absolute atomic E-state index is 10.8. The number of carbonyl (C=O) groups excluding carboxylic acids is 2. The number of nitrogens with one attached hydrogen (secondary N) is 2. The molecule has 0 fully saturated rings. The number of imide groups is 1. The topological polar surface area (TPSA) is 58.2 Å². The van der Waals surface area contributed by atoms with Gasteiger partial charge in [0.25, 0.3) is 0 Å². The van der Waals surface area contributed by atoms with Crippen molar-refractivity contribution in [1.82, 2.24) is 10.6 Å². The Kier molecular flexibility index (Phi) is 4.20. The molecule has 0 heterocycles. The number of hydrogen-bond acceptors (Lipinski definition) is 2. The minimum atomic E-state index is -0.462. The highest BCUT2D eigenvalue weighted by Gasteiger charge is 1.96. The van der Waals surface area contributed by atoms with Crippen LogP contribution in [0.15, 0.2) is 30.3 Å². The first-order valence-corrected chi connectivity index (χ1v) is 4.35. The van der Waals surface area contributed by atoms with Crippen molar-refractivity contribution in [2.45, 2.75) is 6.42 Å². The second kappa shape index (κ2) is 5.75. The van der Waals surface area contributed by atoms with Crippen LogP contribution < -0.4 is 10.6 Å². The van der Waals surface area contributed by atoms with Gasteiger partial charge in [-0.1, -0.05) is 30.3 Å². The highest BCUT2D eigenvalue weighted by Crippen LogP contribution is 1.97. The largest absolute Gasteiger partial charge is 0.337 e. The van der Waals surface area contributed by atoms with Crippen molar-refractivity contribution < 1.29 is 9.59 Å². The lowest BCUT2D eigenvalue weighted by molar-refractivity contribution is -0.108. The molecule has 1 aromatic carbocycles. The lowest BCUT2D eigenvalue weighted by atomic mass is 10.1. The fourth-order valence-electron chi connectivity index (χ4n) is 1.07. The molecule has 0 radical (unpaired) electrons. The van der Waals surface area contributed by atoms with E-state index >= 15 is 0 Å². The van der Waals surface area contributed by atoms with Gasteiger partial charge in [0.15, 0.2) is 0 Å². The summed E-state index contributed by atoms with van der Waals surface area (Å²) in [5, 5.41) is 4.55. The van der Waals surface area contributed by atoms with E-state index in [0.29, 0.717) is 13.0 Å². The van der Waals surface area contributed by atoms with Gasteiger partial charge in [0.05, 0.1) is 0 Å². The van der Waals surface area contributed by atoms with Crippen molar-refractivity contribution in [3.8, 4) is 0 Å². The lowest BCUT2D eigenvalue weighted by Gasteiger charge is -2.03. The molecule has 74 valence electrons. The van der Waals surface area contributed by atoms with Gasteiger partial charge in [0.2, 0.25) is 6.41 Å².